The van der Waals surface area contributed by atoms with Crippen molar-refractivity contribution in [2.24, 2.45) is 5.41 Å². The van der Waals surface area contributed by atoms with Gasteiger partial charge in [0, 0.05) is 18.3 Å². The van der Waals surface area contributed by atoms with Gasteiger partial charge < -0.3 is 4.90 Å². The molecule has 0 spiro atoms. The van der Waals surface area contributed by atoms with Gasteiger partial charge >= 0.3 is 0 Å². The highest BCUT2D eigenvalue weighted by Crippen LogP contribution is 2.38. The van der Waals surface area contributed by atoms with E-state index in [2.05, 4.69) is 37.8 Å². The minimum atomic E-state index is 0.502. The van der Waals surface area contributed by atoms with Crippen molar-refractivity contribution in [3.63, 3.8) is 0 Å². The maximum atomic E-state index is 4.64. The van der Waals surface area contributed by atoms with Crippen molar-refractivity contribution in [1.29, 1.82) is 0 Å². The highest BCUT2D eigenvalue weighted by molar-refractivity contribution is 7.98. The molecule has 102 valence electrons. The summed E-state index contributed by atoms with van der Waals surface area (Å²) in [5.41, 5.74) is 0.502. The second-order valence-corrected chi connectivity index (χ2v) is 6.88. The summed E-state index contributed by atoms with van der Waals surface area (Å²) in [4.78, 5) is 2.60. The van der Waals surface area contributed by atoms with Gasteiger partial charge in [-0.15, -0.1) is 0 Å². The van der Waals surface area contributed by atoms with Crippen LogP contribution in [0, 0.1) is 5.41 Å². The molecule has 0 aromatic rings. The topological polar surface area (TPSA) is 3.24 Å². The summed E-state index contributed by atoms with van der Waals surface area (Å²) in [6.07, 6.45) is 10.5. The molecule has 1 aliphatic carbocycles. The SMILES string of the molecule is CCC(CSC)N(C)CC1(CS)CCCCC1. The van der Waals surface area contributed by atoms with Crippen LogP contribution in [0.1, 0.15) is 45.4 Å². The fourth-order valence-corrected chi connectivity index (χ4v) is 4.37. The van der Waals surface area contributed by atoms with Gasteiger partial charge in [-0.2, -0.15) is 24.4 Å². The lowest BCUT2D eigenvalue weighted by atomic mass is 9.75. The Morgan fingerprint density at radius 2 is 1.94 bits per heavy atom. The van der Waals surface area contributed by atoms with Crippen LogP contribution in [0.4, 0.5) is 0 Å². The summed E-state index contributed by atoms with van der Waals surface area (Å²) >= 11 is 6.61. The van der Waals surface area contributed by atoms with Crippen LogP contribution in [-0.4, -0.2) is 42.3 Å². The molecule has 0 radical (unpaired) electrons. The van der Waals surface area contributed by atoms with Gasteiger partial charge in [-0.3, -0.25) is 0 Å². The van der Waals surface area contributed by atoms with Crippen LogP contribution < -0.4 is 0 Å². The molecule has 0 aromatic heterocycles. The molecule has 0 N–H and O–H groups in total. The molecule has 0 bridgehead atoms. The van der Waals surface area contributed by atoms with Crippen LogP contribution in [-0.2, 0) is 0 Å². The molecule has 0 amide bonds. The van der Waals surface area contributed by atoms with E-state index in [1.165, 1.54) is 50.8 Å². The second kappa shape index (κ2) is 7.96. The van der Waals surface area contributed by atoms with Crippen molar-refractivity contribution in [3.05, 3.63) is 0 Å². The van der Waals surface area contributed by atoms with Gasteiger partial charge in [0.15, 0.2) is 0 Å². The van der Waals surface area contributed by atoms with Gasteiger partial charge in [0.05, 0.1) is 0 Å². The summed E-state index contributed by atoms with van der Waals surface area (Å²) < 4.78 is 0. The smallest absolute Gasteiger partial charge is 0.0180 e. The van der Waals surface area contributed by atoms with Crippen molar-refractivity contribution < 1.29 is 0 Å². The Hall–Kier alpha value is 0.660. The van der Waals surface area contributed by atoms with Gasteiger partial charge in [-0.05, 0) is 43.7 Å². The van der Waals surface area contributed by atoms with E-state index in [0.29, 0.717) is 5.41 Å². The van der Waals surface area contributed by atoms with Crippen LogP contribution in [0.2, 0.25) is 0 Å². The van der Waals surface area contributed by atoms with E-state index < -0.39 is 0 Å². The molecular formula is C14H29NS2. The zero-order valence-corrected chi connectivity index (χ0v) is 13.5. The first-order valence-corrected chi connectivity index (χ1v) is 9.00. The van der Waals surface area contributed by atoms with E-state index in [4.69, 9.17) is 0 Å². The maximum absolute atomic E-state index is 4.64. The van der Waals surface area contributed by atoms with Crippen molar-refractivity contribution in [3.8, 4) is 0 Å². The molecule has 1 nitrogen and oxygen atoms in total. The van der Waals surface area contributed by atoms with Gasteiger partial charge in [-0.1, -0.05) is 26.2 Å². The van der Waals surface area contributed by atoms with Gasteiger partial charge in [-0.25, -0.2) is 0 Å². The Morgan fingerprint density at radius 1 is 1.29 bits per heavy atom. The third-order valence-electron chi connectivity index (χ3n) is 4.29. The Kier molecular flexibility index (Phi) is 7.36. The molecule has 1 atom stereocenters. The van der Waals surface area contributed by atoms with E-state index >= 15 is 0 Å². The first kappa shape index (κ1) is 15.7. The maximum Gasteiger partial charge on any atom is 0.0180 e. The lowest BCUT2D eigenvalue weighted by Gasteiger charge is -2.41. The number of rotatable bonds is 7. The molecule has 1 saturated carbocycles. The summed E-state index contributed by atoms with van der Waals surface area (Å²) in [6.45, 7) is 3.56. The average molecular weight is 276 g/mol. The number of thioether (sulfide) groups is 1. The van der Waals surface area contributed by atoms with E-state index in [0.717, 1.165) is 11.8 Å². The molecule has 3 heteroatoms. The van der Waals surface area contributed by atoms with E-state index in [9.17, 15) is 0 Å². The van der Waals surface area contributed by atoms with Crippen molar-refractivity contribution in [2.75, 3.05) is 31.4 Å². The molecule has 0 aliphatic heterocycles. The zero-order valence-electron chi connectivity index (χ0n) is 11.7. The van der Waals surface area contributed by atoms with Crippen LogP contribution in [0.25, 0.3) is 0 Å². The summed E-state index contributed by atoms with van der Waals surface area (Å²) in [6, 6.07) is 0.740. The fourth-order valence-electron chi connectivity index (χ4n) is 3.08. The third-order valence-corrected chi connectivity index (χ3v) is 5.68. The Morgan fingerprint density at radius 3 is 2.41 bits per heavy atom. The van der Waals surface area contributed by atoms with E-state index in [1.54, 1.807) is 0 Å². The van der Waals surface area contributed by atoms with Crippen LogP contribution >= 0.6 is 24.4 Å². The number of thiol groups is 1. The number of hydrogen-bond donors (Lipinski definition) is 1. The molecule has 0 saturated heterocycles. The van der Waals surface area contributed by atoms with Crippen molar-refractivity contribution in [1.82, 2.24) is 4.90 Å². The highest BCUT2D eigenvalue weighted by atomic mass is 32.2. The minimum absolute atomic E-state index is 0.502. The summed E-state index contributed by atoms with van der Waals surface area (Å²) in [5.74, 6) is 2.32. The fraction of sp³-hybridized carbons (Fsp3) is 1.00. The molecule has 1 rings (SSSR count). The van der Waals surface area contributed by atoms with E-state index in [1.807, 2.05) is 11.8 Å². The van der Waals surface area contributed by atoms with E-state index in [-0.39, 0.29) is 0 Å². The van der Waals surface area contributed by atoms with Crippen molar-refractivity contribution >= 4 is 24.4 Å². The Labute approximate surface area is 118 Å². The molecule has 0 aromatic carbocycles. The lowest BCUT2D eigenvalue weighted by molar-refractivity contribution is 0.120. The lowest BCUT2D eigenvalue weighted by Crippen LogP contribution is -2.44. The Bertz CT molecular complexity index is 202. The quantitative estimate of drug-likeness (QED) is 0.701. The predicted molar refractivity (Wildman–Crippen MR) is 84.5 cm³/mol. The number of hydrogen-bond acceptors (Lipinski definition) is 3. The average Bonchev–Trinajstić information content (AvgIpc) is 2.36. The number of nitrogens with zero attached hydrogens (tertiary/aromatic N) is 1. The molecule has 17 heavy (non-hydrogen) atoms. The zero-order chi connectivity index (χ0) is 12.7. The summed E-state index contributed by atoms with van der Waals surface area (Å²) in [7, 11) is 2.31. The normalized spacial score (nSPS) is 21.7. The predicted octanol–water partition coefficient (Wildman–Crippen LogP) is 3.94. The third kappa shape index (κ3) is 4.68. The van der Waals surface area contributed by atoms with Gasteiger partial charge in [0.25, 0.3) is 0 Å². The van der Waals surface area contributed by atoms with Crippen LogP contribution in [0.3, 0.4) is 0 Å². The van der Waals surface area contributed by atoms with Crippen molar-refractivity contribution in [2.45, 2.75) is 51.5 Å². The van der Waals surface area contributed by atoms with Gasteiger partial charge in [0.2, 0.25) is 0 Å². The first-order valence-electron chi connectivity index (χ1n) is 6.97. The molecule has 1 aliphatic rings. The van der Waals surface area contributed by atoms with Crippen LogP contribution in [0.5, 0.6) is 0 Å². The molecule has 0 heterocycles. The minimum Gasteiger partial charge on any atom is -0.302 e. The molecule has 1 fully saturated rings. The highest BCUT2D eigenvalue weighted by Gasteiger charge is 2.32. The van der Waals surface area contributed by atoms with Gasteiger partial charge in [0.1, 0.15) is 0 Å². The summed E-state index contributed by atoms with van der Waals surface area (Å²) in [5, 5.41) is 0. The monoisotopic (exact) mass is 275 g/mol. The second-order valence-electron chi connectivity index (χ2n) is 5.65. The van der Waals surface area contributed by atoms with Crippen LogP contribution in [0.15, 0.2) is 0 Å². The standard InChI is InChI=1S/C14H29NS2/c1-4-13(10-17-3)15(2)11-14(12-16)8-6-5-7-9-14/h13,16H,4-12H2,1-3H3. The molecule has 1 unspecified atom stereocenters. The Balaban J connectivity index is 2.53. The largest absolute Gasteiger partial charge is 0.302 e. The first-order chi connectivity index (χ1) is 8.17. The molecular weight excluding hydrogens is 246 g/mol.